The van der Waals surface area contributed by atoms with Crippen LogP contribution in [-0.2, 0) is 6.54 Å². The number of unbranched alkanes of at least 4 members (excludes halogenated alkanes) is 1. The standard InChI is InChI=1S/C15H20BrNO/c1-3-5-6-9-17-12-13-11-14(16)7-8-15(13)18-10-4-2/h1,7-8,11,17H,4-6,9-10,12H2,2H3. The lowest BCUT2D eigenvalue weighted by molar-refractivity contribution is 0.313. The largest absolute Gasteiger partial charge is 0.493 e. The van der Waals surface area contributed by atoms with Crippen molar-refractivity contribution in [3.05, 3.63) is 28.2 Å². The van der Waals surface area contributed by atoms with Crippen molar-refractivity contribution in [2.24, 2.45) is 0 Å². The normalized spacial score (nSPS) is 10.1. The van der Waals surface area contributed by atoms with Crippen LogP contribution < -0.4 is 10.1 Å². The van der Waals surface area contributed by atoms with E-state index in [1.54, 1.807) is 0 Å². The molecule has 0 bridgehead atoms. The van der Waals surface area contributed by atoms with E-state index in [0.717, 1.165) is 49.2 Å². The van der Waals surface area contributed by atoms with Gasteiger partial charge in [0.15, 0.2) is 0 Å². The van der Waals surface area contributed by atoms with Crippen LogP contribution in [0, 0.1) is 12.3 Å². The molecule has 0 saturated carbocycles. The van der Waals surface area contributed by atoms with Gasteiger partial charge in [-0.1, -0.05) is 22.9 Å². The van der Waals surface area contributed by atoms with E-state index in [2.05, 4.69) is 40.2 Å². The number of nitrogens with one attached hydrogen (secondary N) is 1. The number of hydrogen-bond donors (Lipinski definition) is 1. The Morgan fingerprint density at radius 2 is 2.28 bits per heavy atom. The van der Waals surface area contributed by atoms with Gasteiger partial charge in [-0.15, -0.1) is 12.3 Å². The van der Waals surface area contributed by atoms with Crippen molar-refractivity contribution in [2.45, 2.75) is 32.7 Å². The Kier molecular flexibility index (Phi) is 7.55. The predicted octanol–water partition coefficient (Wildman–Crippen LogP) is 3.74. The quantitative estimate of drug-likeness (QED) is 0.583. The van der Waals surface area contributed by atoms with Crippen molar-refractivity contribution >= 4 is 15.9 Å². The second-order valence-corrected chi connectivity index (χ2v) is 5.00. The summed E-state index contributed by atoms with van der Waals surface area (Å²) in [6, 6.07) is 6.12. The zero-order chi connectivity index (χ0) is 13.2. The number of ether oxygens (including phenoxy) is 1. The highest BCUT2D eigenvalue weighted by molar-refractivity contribution is 9.10. The van der Waals surface area contributed by atoms with Crippen LogP contribution in [0.5, 0.6) is 5.75 Å². The molecule has 0 saturated heterocycles. The third-order valence-corrected chi connectivity index (χ3v) is 2.97. The lowest BCUT2D eigenvalue weighted by atomic mass is 10.2. The Morgan fingerprint density at radius 1 is 1.44 bits per heavy atom. The maximum absolute atomic E-state index is 5.73. The Labute approximate surface area is 118 Å². The molecule has 1 rings (SSSR count). The molecule has 1 N–H and O–H groups in total. The Morgan fingerprint density at radius 3 is 3.00 bits per heavy atom. The first-order valence-electron chi connectivity index (χ1n) is 6.33. The summed E-state index contributed by atoms with van der Waals surface area (Å²) in [5.41, 5.74) is 1.18. The molecule has 0 unspecified atom stereocenters. The first-order valence-corrected chi connectivity index (χ1v) is 7.12. The van der Waals surface area contributed by atoms with Crippen LogP contribution in [0.25, 0.3) is 0 Å². The van der Waals surface area contributed by atoms with E-state index in [9.17, 15) is 0 Å². The van der Waals surface area contributed by atoms with Crippen LogP contribution in [0.4, 0.5) is 0 Å². The highest BCUT2D eigenvalue weighted by Gasteiger charge is 2.04. The molecule has 0 aromatic heterocycles. The summed E-state index contributed by atoms with van der Waals surface area (Å²) < 4.78 is 6.80. The van der Waals surface area contributed by atoms with E-state index < -0.39 is 0 Å². The van der Waals surface area contributed by atoms with E-state index in [0.29, 0.717) is 0 Å². The van der Waals surface area contributed by atoms with Crippen LogP contribution in [0.3, 0.4) is 0 Å². The van der Waals surface area contributed by atoms with Crippen LogP contribution in [0.1, 0.15) is 31.7 Å². The highest BCUT2D eigenvalue weighted by atomic mass is 79.9. The predicted molar refractivity (Wildman–Crippen MR) is 79.7 cm³/mol. The summed E-state index contributed by atoms with van der Waals surface area (Å²) in [6.45, 7) is 4.61. The maximum Gasteiger partial charge on any atom is 0.123 e. The van der Waals surface area contributed by atoms with Gasteiger partial charge in [0.05, 0.1) is 6.61 Å². The average Bonchev–Trinajstić information content (AvgIpc) is 2.37. The molecular formula is C15H20BrNO. The van der Waals surface area contributed by atoms with Crippen molar-refractivity contribution in [2.75, 3.05) is 13.2 Å². The zero-order valence-corrected chi connectivity index (χ0v) is 12.4. The van der Waals surface area contributed by atoms with Crippen molar-refractivity contribution in [1.82, 2.24) is 5.32 Å². The fourth-order valence-corrected chi connectivity index (χ4v) is 1.99. The minimum Gasteiger partial charge on any atom is -0.493 e. The van der Waals surface area contributed by atoms with Gasteiger partial charge in [-0.25, -0.2) is 0 Å². The molecule has 18 heavy (non-hydrogen) atoms. The van der Waals surface area contributed by atoms with E-state index >= 15 is 0 Å². The first-order chi connectivity index (χ1) is 8.77. The molecule has 0 aliphatic carbocycles. The summed E-state index contributed by atoms with van der Waals surface area (Å²) in [7, 11) is 0. The van der Waals surface area contributed by atoms with Gasteiger partial charge in [0.2, 0.25) is 0 Å². The lowest BCUT2D eigenvalue weighted by Gasteiger charge is -2.12. The van der Waals surface area contributed by atoms with Crippen LogP contribution in [-0.4, -0.2) is 13.2 Å². The molecule has 3 heteroatoms. The highest BCUT2D eigenvalue weighted by Crippen LogP contribution is 2.23. The molecule has 0 aliphatic rings. The number of terminal acetylenes is 1. The summed E-state index contributed by atoms with van der Waals surface area (Å²) in [4.78, 5) is 0. The van der Waals surface area contributed by atoms with E-state index in [4.69, 9.17) is 11.2 Å². The van der Waals surface area contributed by atoms with Gasteiger partial charge in [-0.2, -0.15) is 0 Å². The molecule has 1 aromatic rings. The summed E-state index contributed by atoms with van der Waals surface area (Å²) in [6.07, 6.45) is 8.07. The van der Waals surface area contributed by atoms with Gasteiger partial charge >= 0.3 is 0 Å². The van der Waals surface area contributed by atoms with Crippen molar-refractivity contribution < 1.29 is 4.74 Å². The number of benzene rings is 1. The van der Waals surface area contributed by atoms with Gasteiger partial charge in [-0.3, -0.25) is 0 Å². The average molecular weight is 310 g/mol. The molecule has 0 aliphatic heterocycles. The molecule has 2 nitrogen and oxygen atoms in total. The lowest BCUT2D eigenvalue weighted by Crippen LogP contribution is -2.15. The monoisotopic (exact) mass is 309 g/mol. The van der Waals surface area contributed by atoms with E-state index in [1.165, 1.54) is 5.56 Å². The fraction of sp³-hybridized carbons (Fsp3) is 0.467. The molecule has 0 heterocycles. The van der Waals surface area contributed by atoms with Crippen molar-refractivity contribution in [1.29, 1.82) is 0 Å². The van der Waals surface area contributed by atoms with Gasteiger partial charge in [0.25, 0.3) is 0 Å². The molecule has 0 amide bonds. The minimum absolute atomic E-state index is 0.756. The molecule has 0 spiro atoms. The molecule has 0 atom stereocenters. The van der Waals surface area contributed by atoms with Gasteiger partial charge in [-0.05, 0) is 37.6 Å². The zero-order valence-electron chi connectivity index (χ0n) is 10.8. The number of hydrogen-bond acceptors (Lipinski definition) is 2. The second-order valence-electron chi connectivity index (χ2n) is 4.08. The van der Waals surface area contributed by atoms with Gasteiger partial charge in [0, 0.05) is 23.0 Å². The Bertz CT molecular complexity index is 398. The molecule has 0 radical (unpaired) electrons. The van der Waals surface area contributed by atoms with Crippen molar-refractivity contribution in [3.8, 4) is 18.1 Å². The van der Waals surface area contributed by atoms with Crippen molar-refractivity contribution in [3.63, 3.8) is 0 Å². The topological polar surface area (TPSA) is 21.3 Å². The first kappa shape index (κ1) is 15.1. The smallest absolute Gasteiger partial charge is 0.123 e. The van der Waals surface area contributed by atoms with Crippen LogP contribution >= 0.6 is 15.9 Å². The van der Waals surface area contributed by atoms with Crippen LogP contribution in [0.2, 0.25) is 0 Å². The molecule has 0 fully saturated rings. The van der Waals surface area contributed by atoms with Gasteiger partial charge < -0.3 is 10.1 Å². The summed E-state index contributed by atoms with van der Waals surface area (Å²) >= 11 is 3.49. The van der Waals surface area contributed by atoms with Crippen LogP contribution in [0.15, 0.2) is 22.7 Å². The number of rotatable bonds is 8. The summed E-state index contributed by atoms with van der Waals surface area (Å²) in [5, 5.41) is 3.38. The molecule has 98 valence electrons. The Hall–Kier alpha value is -0.980. The van der Waals surface area contributed by atoms with Gasteiger partial charge in [0.1, 0.15) is 5.75 Å². The SMILES string of the molecule is C#CCCCNCc1cc(Br)ccc1OCCC. The maximum atomic E-state index is 5.73. The third kappa shape index (κ3) is 5.57. The van der Waals surface area contributed by atoms with E-state index in [1.807, 2.05) is 12.1 Å². The molecule has 1 aromatic carbocycles. The second kappa shape index (κ2) is 9.02. The minimum atomic E-state index is 0.756. The number of halogens is 1. The summed E-state index contributed by atoms with van der Waals surface area (Å²) in [5.74, 6) is 3.61. The fourth-order valence-electron chi connectivity index (χ4n) is 1.58. The van der Waals surface area contributed by atoms with E-state index in [-0.39, 0.29) is 0 Å². The molecular weight excluding hydrogens is 290 g/mol. The Balaban J connectivity index is 2.50. The third-order valence-electron chi connectivity index (χ3n) is 2.47.